The molecule has 0 fully saturated rings. The van der Waals surface area contributed by atoms with E-state index < -0.39 is 11.9 Å². The Kier molecular flexibility index (Phi) is 8.00. The Morgan fingerprint density at radius 1 is 1.03 bits per heavy atom. The lowest BCUT2D eigenvalue weighted by molar-refractivity contribution is -0.143. The zero-order valence-electron chi connectivity index (χ0n) is 19.0. The Hall–Kier alpha value is -3.46. The quantitative estimate of drug-likeness (QED) is 0.468. The summed E-state index contributed by atoms with van der Waals surface area (Å²) in [6, 6.07) is 10.5. The first kappa shape index (κ1) is 24.2. The summed E-state index contributed by atoms with van der Waals surface area (Å²) in [6.07, 6.45) is 0.104. The minimum absolute atomic E-state index is 0.0969. The third-order valence-corrected chi connectivity index (χ3v) is 5.86. The van der Waals surface area contributed by atoms with Crippen LogP contribution >= 0.6 is 11.3 Å². The minimum Gasteiger partial charge on any atom is -0.496 e. The first-order chi connectivity index (χ1) is 15.9. The van der Waals surface area contributed by atoms with Crippen LogP contribution in [0.5, 0.6) is 5.75 Å². The van der Waals surface area contributed by atoms with Gasteiger partial charge in [-0.25, -0.2) is 4.79 Å². The lowest BCUT2D eigenvalue weighted by Gasteiger charge is -2.07. The highest BCUT2D eigenvalue weighted by Crippen LogP contribution is 2.21. The smallest absolute Gasteiger partial charge is 0.338 e. The Bertz CT molecular complexity index is 1260. The topological polar surface area (TPSA) is 96.2 Å². The van der Waals surface area contributed by atoms with Gasteiger partial charge in [0.05, 0.1) is 42.5 Å². The SMILES string of the molecule is CCOC(=O)Cn1c(=NC(=O)Cc2ccc(OC)c(C)c2)sc2cc(C(=O)OCC)ccc21. The van der Waals surface area contributed by atoms with E-state index in [9.17, 15) is 14.4 Å². The predicted molar refractivity (Wildman–Crippen MR) is 124 cm³/mol. The third-order valence-electron chi connectivity index (χ3n) is 4.82. The minimum atomic E-state index is -0.439. The van der Waals surface area contributed by atoms with Crippen molar-refractivity contribution < 1.29 is 28.6 Å². The lowest BCUT2D eigenvalue weighted by atomic mass is 10.1. The molecule has 1 aromatic heterocycles. The first-order valence-electron chi connectivity index (χ1n) is 10.5. The van der Waals surface area contributed by atoms with Crippen LogP contribution in [0.4, 0.5) is 0 Å². The van der Waals surface area contributed by atoms with Gasteiger partial charge >= 0.3 is 11.9 Å². The van der Waals surface area contributed by atoms with Crippen LogP contribution < -0.4 is 9.54 Å². The molecule has 0 aliphatic carbocycles. The number of thiazole rings is 1. The van der Waals surface area contributed by atoms with E-state index in [1.807, 2.05) is 25.1 Å². The molecule has 8 nitrogen and oxygen atoms in total. The Labute approximate surface area is 195 Å². The third kappa shape index (κ3) is 5.87. The zero-order valence-corrected chi connectivity index (χ0v) is 19.9. The van der Waals surface area contributed by atoms with Crippen molar-refractivity contribution in [1.82, 2.24) is 4.57 Å². The van der Waals surface area contributed by atoms with Gasteiger partial charge in [-0.3, -0.25) is 9.59 Å². The molecule has 3 rings (SSSR count). The van der Waals surface area contributed by atoms with E-state index >= 15 is 0 Å². The van der Waals surface area contributed by atoms with E-state index in [0.29, 0.717) is 20.6 Å². The lowest BCUT2D eigenvalue weighted by Crippen LogP contribution is -2.23. The van der Waals surface area contributed by atoms with Gasteiger partial charge in [0, 0.05) is 0 Å². The van der Waals surface area contributed by atoms with Gasteiger partial charge in [0.15, 0.2) is 4.80 Å². The fraction of sp³-hybridized carbons (Fsp3) is 0.333. The molecule has 1 amide bonds. The summed E-state index contributed by atoms with van der Waals surface area (Å²) in [5.41, 5.74) is 2.80. The highest BCUT2D eigenvalue weighted by atomic mass is 32.1. The van der Waals surface area contributed by atoms with E-state index in [1.165, 1.54) is 11.3 Å². The summed E-state index contributed by atoms with van der Waals surface area (Å²) in [4.78, 5) is 41.7. The highest BCUT2D eigenvalue weighted by molar-refractivity contribution is 7.16. The summed E-state index contributed by atoms with van der Waals surface area (Å²) in [6.45, 7) is 5.79. The summed E-state index contributed by atoms with van der Waals surface area (Å²) in [5, 5.41) is 0. The second kappa shape index (κ2) is 10.9. The molecule has 0 spiro atoms. The molecular formula is C24H26N2O6S. The second-order valence-corrected chi connectivity index (χ2v) is 8.17. The molecule has 2 aromatic carbocycles. The van der Waals surface area contributed by atoms with Crippen molar-refractivity contribution in [2.24, 2.45) is 4.99 Å². The van der Waals surface area contributed by atoms with Crippen molar-refractivity contribution in [3.05, 3.63) is 57.9 Å². The molecule has 3 aromatic rings. The Balaban J connectivity index is 1.99. The number of aromatic nitrogens is 1. The fourth-order valence-corrected chi connectivity index (χ4v) is 4.45. The number of nitrogens with zero attached hydrogens (tertiary/aromatic N) is 2. The number of esters is 2. The van der Waals surface area contributed by atoms with Crippen LogP contribution in [0.15, 0.2) is 41.4 Å². The number of carbonyl (C=O) groups is 3. The number of aryl methyl sites for hydroxylation is 1. The average Bonchev–Trinajstić information content (AvgIpc) is 3.10. The number of hydrogen-bond acceptors (Lipinski definition) is 7. The molecule has 9 heteroatoms. The maximum Gasteiger partial charge on any atom is 0.338 e. The molecule has 0 bridgehead atoms. The standard InChI is InChI=1S/C24H26N2O6S/c1-5-31-22(28)14-26-18-9-8-17(23(29)32-6-2)13-20(18)33-24(26)25-21(27)12-16-7-10-19(30-4)15(3)11-16/h7-11,13H,5-6,12,14H2,1-4H3. The van der Waals surface area contributed by atoms with E-state index in [2.05, 4.69) is 4.99 Å². The Morgan fingerprint density at radius 2 is 1.79 bits per heavy atom. The van der Waals surface area contributed by atoms with Gasteiger partial charge in [-0.05, 0) is 56.2 Å². The molecular weight excluding hydrogens is 444 g/mol. The number of methoxy groups -OCH3 is 1. The molecule has 1 heterocycles. The predicted octanol–water partition coefficient (Wildman–Crippen LogP) is 3.43. The largest absolute Gasteiger partial charge is 0.496 e. The van der Waals surface area contributed by atoms with Gasteiger partial charge < -0.3 is 18.8 Å². The molecule has 0 unspecified atom stereocenters. The van der Waals surface area contributed by atoms with Gasteiger partial charge in [0.25, 0.3) is 5.91 Å². The van der Waals surface area contributed by atoms with Gasteiger partial charge in [0.1, 0.15) is 12.3 Å². The normalized spacial score (nSPS) is 11.5. The van der Waals surface area contributed by atoms with Crippen LogP contribution in [-0.2, 0) is 32.0 Å². The Morgan fingerprint density at radius 3 is 2.45 bits per heavy atom. The zero-order chi connectivity index (χ0) is 24.0. The number of fused-ring (bicyclic) bond motifs is 1. The molecule has 33 heavy (non-hydrogen) atoms. The highest BCUT2D eigenvalue weighted by Gasteiger charge is 2.15. The summed E-state index contributed by atoms with van der Waals surface area (Å²) >= 11 is 1.22. The molecule has 0 saturated carbocycles. The van der Waals surface area contributed by atoms with Crippen molar-refractivity contribution in [2.45, 2.75) is 33.7 Å². The van der Waals surface area contributed by atoms with Crippen molar-refractivity contribution in [1.29, 1.82) is 0 Å². The average molecular weight is 471 g/mol. The molecule has 0 aliphatic heterocycles. The monoisotopic (exact) mass is 470 g/mol. The van der Waals surface area contributed by atoms with E-state index in [0.717, 1.165) is 16.9 Å². The number of ether oxygens (including phenoxy) is 3. The van der Waals surface area contributed by atoms with Crippen molar-refractivity contribution in [3.8, 4) is 5.75 Å². The van der Waals surface area contributed by atoms with Crippen LogP contribution in [0, 0.1) is 6.92 Å². The van der Waals surface area contributed by atoms with Crippen molar-refractivity contribution in [2.75, 3.05) is 20.3 Å². The van der Waals surface area contributed by atoms with Crippen LogP contribution in [0.3, 0.4) is 0 Å². The van der Waals surface area contributed by atoms with Gasteiger partial charge in [-0.15, -0.1) is 0 Å². The number of hydrogen-bond donors (Lipinski definition) is 0. The fourth-order valence-electron chi connectivity index (χ4n) is 3.36. The van der Waals surface area contributed by atoms with Crippen molar-refractivity contribution in [3.63, 3.8) is 0 Å². The second-order valence-electron chi connectivity index (χ2n) is 7.17. The molecule has 0 radical (unpaired) electrons. The summed E-state index contributed by atoms with van der Waals surface area (Å²) in [5.74, 6) is -0.479. The van der Waals surface area contributed by atoms with Crippen LogP contribution in [0.25, 0.3) is 10.2 Å². The number of benzene rings is 2. The number of amides is 1. The van der Waals surface area contributed by atoms with Crippen LogP contribution in [-0.4, -0.2) is 42.7 Å². The van der Waals surface area contributed by atoms with Gasteiger partial charge in [0.2, 0.25) is 0 Å². The molecule has 0 aliphatic rings. The summed E-state index contributed by atoms with van der Waals surface area (Å²) < 4.78 is 17.7. The number of rotatable bonds is 8. The molecule has 0 saturated heterocycles. The maximum absolute atomic E-state index is 12.8. The first-order valence-corrected chi connectivity index (χ1v) is 11.3. The molecule has 0 atom stereocenters. The van der Waals surface area contributed by atoms with E-state index in [4.69, 9.17) is 14.2 Å². The number of carbonyl (C=O) groups excluding carboxylic acids is 3. The molecule has 0 N–H and O–H groups in total. The van der Waals surface area contributed by atoms with Gasteiger partial charge in [-0.1, -0.05) is 23.5 Å². The van der Waals surface area contributed by atoms with Gasteiger partial charge in [-0.2, -0.15) is 4.99 Å². The summed E-state index contributed by atoms with van der Waals surface area (Å²) in [7, 11) is 1.60. The van der Waals surface area contributed by atoms with Crippen LogP contribution in [0.2, 0.25) is 0 Å². The van der Waals surface area contributed by atoms with Crippen LogP contribution in [0.1, 0.15) is 35.3 Å². The molecule has 174 valence electrons. The van der Waals surface area contributed by atoms with E-state index in [1.54, 1.807) is 43.7 Å². The van der Waals surface area contributed by atoms with E-state index in [-0.39, 0.29) is 32.1 Å². The van der Waals surface area contributed by atoms with Crippen molar-refractivity contribution >= 4 is 39.4 Å². The maximum atomic E-state index is 12.8.